The van der Waals surface area contributed by atoms with Gasteiger partial charge in [0.05, 0.1) is 0 Å². The lowest BCUT2D eigenvalue weighted by atomic mass is 9.95. The van der Waals surface area contributed by atoms with Crippen molar-refractivity contribution in [2.75, 3.05) is 13.1 Å². The van der Waals surface area contributed by atoms with E-state index in [1.807, 2.05) is 45.8 Å². The van der Waals surface area contributed by atoms with E-state index in [1.165, 1.54) is 0 Å². The molecule has 1 atom stereocenters. The molecule has 0 saturated carbocycles. The van der Waals surface area contributed by atoms with E-state index in [-0.39, 0.29) is 5.91 Å². The van der Waals surface area contributed by atoms with E-state index in [1.54, 1.807) is 6.07 Å². The van der Waals surface area contributed by atoms with Crippen LogP contribution in [0.25, 0.3) is 5.65 Å². The van der Waals surface area contributed by atoms with Crippen LogP contribution in [0.3, 0.4) is 0 Å². The molecule has 2 aliphatic heterocycles. The molecule has 1 saturated heterocycles. The number of rotatable bonds is 2. The van der Waals surface area contributed by atoms with Crippen molar-refractivity contribution in [3.05, 3.63) is 59.0 Å². The first-order valence-electron chi connectivity index (χ1n) is 9.22. The van der Waals surface area contributed by atoms with E-state index in [0.29, 0.717) is 30.5 Å². The summed E-state index contributed by atoms with van der Waals surface area (Å²) >= 11 is 6.04. The second kappa shape index (κ2) is 6.53. The van der Waals surface area contributed by atoms with Gasteiger partial charge < -0.3 is 9.64 Å². The smallest absolute Gasteiger partial charge is 0.263 e. The van der Waals surface area contributed by atoms with Crippen LogP contribution in [0.4, 0.5) is 0 Å². The molecule has 7 heteroatoms. The SMILES string of the molecule is O=C(C1Cc2cc(Cl)ccc2O1)N1CCC(c2nnc3ccccn23)CC1. The van der Waals surface area contributed by atoms with Crippen LogP contribution in [0.15, 0.2) is 42.6 Å². The fourth-order valence-corrected chi connectivity index (χ4v) is 4.25. The Morgan fingerprint density at radius 3 is 2.85 bits per heavy atom. The van der Waals surface area contributed by atoms with Gasteiger partial charge in [0.2, 0.25) is 0 Å². The monoisotopic (exact) mass is 382 g/mol. The number of hydrogen-bond donors (Lipinski definition) is 0. The van der Waals surface area contributed by atoms with Gasteiger partial charge in [-0.3, -0.25) is 9.20 Å². The van der Waals surface area contributed by atoms with E-state index in [0.717, 1.165) is 35.6 Å². The molecule has 1 fully saturated rings. The van der Waals surface area contributed by atoms with Crippen molar-refractivity contribution in [3.8, 4) is 5.75 Å². The number of hydrogen-bond acceptors (Lipinski definition) is 4. The molecule has 0 spiro atoms. The normalized spacial score (nSPS) is 19.9. The second-order valence-corrected chi connectivity index (χ2v) is 7.59. The maximum absolute atomic E-state index is 12.9. The highest BCUT2D eigenvalue weighted by Crippen LogP contribution is 2.33. The topological polar surface area (TPSA) is 59.7 Å². The molecule has 4 heterocycles. The molecule has 27 heavy (non-hydrogen) atoms. The minimum Gasteiger partial charge on any atom is -0.480 e. The van der Waals surface area contributed by atoms with Crippen LogP contribution in [0, 0.1) is 0 Å². The predicted octanol–water partition coefficient (Wildman–Crippen LogP) is 3.09. The number of halogens is 1. The number of benzene rings is 1. The van der Waals surface area contributed by atoms with Crippen molar-refractivity contribution < 1.29 is 9.53 Å². The first kappa shape index (κ1) is 16.6. The van der Waals surface area contributed by atoms with Gasteiger partial charge in [0, 0.05) is 36.6 Å². The summed E-state index contributed by atoms with van der Waals surface area (Å²) < 4.78 is 7.90. The Balaban J connectivity index is 1.25. The molecule has 3 aromatic rings. The van der Waals surface area contributed by atoms with Gasteiger partial charge in [-0.1, -0.05) is 17.7 Å². The first-order chi connectivity index (χ1) is 13.2. The third-order valence-electron chi connectivity index (χ3n) is 5.48. The highest BCUT2D eigenvalue weighted by Gasteiger charge is 2.35. The molecule has 1 unspecified atom stereocenters. The van der Waals surface area contributed by atoms with Gasteiger partial charge in [-0.05, 0) is 48.7 Å². The maximum Gasteiger partial charge on any atom is 0.263 e. The van der Waals surface area contributed by atoms with Gasteiger partial charge in [-0.15, -0.1) is 10.2 Å². The van der Waals surface area contributed by atoms with Gasteiger partial charge >= 0.3 is 0 Å². The van der Waals surface area contributed by atoms with Gasteiger partial charge in [-0.25, -0.2) is 0 Å². The van der Waals surface area contributed by atoms with Gasteiger partial charge in [-0.2, -0.15) is 0 Å². The lowest BCUT2D eigenvalue weighted by Crippen LogP contribution is -2.45. The molecule has 2 aliphatic rings. The van der Waals surface area contributed by atoms with E-state index in [9.17, 15) is 4.79 Å². The molecule has 0 bridgehead atoms. The fourth-order valence-electron chi connectivity index (χ4n) is 4.05. The van der Waals surface area contributed by atoms with Crippen molar-refractivity contribution in [2.24, 2.45) is 0 Å². The third-order valence-corrected chi connectivity index (χ3v) is 5.72. The molecule has 2 aromatic heterocycles. The van der Waals surface area contributed by atoms with Crippen LogP contribution in [0.1, 0.15) is 30.1 Å². The van der Waals surface area contributed by atoms with Crippen LogP contribution in [0.5, 0.6) is 5.75 Å². The van der Waals surface area contributed by atoms with E-state index < -0.39 is 6.10 Å². The van der Waals surface area contributed by atoms with Crippen LogP contribution in [-0.2, 0) is 11.2 Å². The average molecular weight is 383 g/mol. The molecule has 6 nitrogen and oxygen atoms in total. The van der Waals surface area contributed by atoms with E-state index >= 15 is 0 Å². The molecule has 0 N–H and O–H groups in total. The molecular formula is C20H19ClN4O2. The zero-order chi connectivity index (χ0) is 18.4. The number of ether oxygens (including phenoxy) is 1. The molecule has 1 amide bonds. The van der Waals surface area contributed by atoms with Crippen molar-refractivity contribution >= 4 is 23.2 Å². The number of piperidine rings is 1. The lowest BCUT2D eigenvalue weighted by molar-refractivity contribution is -0.139. The number of aromatic nitrogens is 3. The molecule has 5 rings (SSSR count). The molecule has 138 valence electrons. The maximum atomic E-state index is 12.9. The largest absolute Gasteiger partial charge is 0.480 e. The van der Waals surface area contributed by atoms with Crippen molar-refractivity contribution in [1.82, 2.24) is 19.5 Å². The fraction of sp³-hybridized carbons (Fsp3) is 0.350. The minimum atomic E-state index is -0.441. The lowest BCUT2D eigenvalue weighted by Gasteiger charge is -2.32. The summed E-state index contributed by atoms with van der Waals surface area (Å²) in [5, 5.41) is 9.29. The standard InChI is InChI=1S/C20H19ClN4O2/c21-15-4-5-16-14(11-15)12-17(27-16)20(26)24-9-6-13(7-10-24)19-23-22-18-3-1-2-8-25(18)19/h1-5,8,11,13,17H,6-7,9-10,12H2. The highest BCUT2D eigenvalue weighted by molar-refractivity contribution is 6.30. The molecule has 0 aliphatic carbocycles. The van der Waals surface area contributed by atoms with Crippen molar-refractivity contribution in [3.63, 3.8) is 0 Å². The minimum absolute atomic E-state index is 0.0619. The summed E-state index contributed by atoms with van der Waals surface area (Å²) in [6, 6.07) is 11.4. The summed E-state index contributed by atoms with van der Waals surface area (Å²) in [4.78, 5) is 14.8. The number of fused-ring (bicyclic) bond motifs is 2. The van der Waals surface area contributed by atoms with Crippen LogP contribution in [-0.4, -0.2) is 44.6 Å². The number of carbonyl (C=O) groups is 1. The zero-order valence-corrected chi connectivity index (χ0v) is 15.5. The molecule has 1 aromatic carbocycles. The quantitative estimate of drug-likeness (QED) is 0.683. The highest BCUT2D eigenvalue weighted by atomic mass is 35.5. The first-order valence-corrected chi connectivity index (χ1v) is 9.60. The third kappa shape index (κ3) is 2.94. The Morgan fingerprint density at radius 1 is 1.15 bits per heavy atom. The van der Waals surface area contributed by atoms with Crippen LogP contribution in [0.2, 0.25) is 5.02 Å². The van der Waals surface area contributed by atoms with Crippen LogP contribution >= 0.6 is 11.6 Å². The Morgan fingerprint density at radius 2 is 2.00 bits per heavy atom. The predicted molar refractivity (Wildman–Crippen MR) is 101 cm³/mol. The van der Waals surface area contributed by atoms with Gasteiger partial charge in [0.15, 0.2) is 11.8 Å². The van der Waals surface area contributed by atoms with Crippen LogP contribution < -0.4 is 4.74 Å². The Bertz CT molecular complexity index is 1010. The number of nitrogens with zero attached hydrogens (tertiary/aromatic N) is 4. The molecule has 0 radical (unpaired) electrons. The van der Waals surface area contributed by atoms with Crippen molar-refractivity contribution in [2.45, 2.75) is 31.3 Å². The van der Waals surface area contributed by atoms with Crippen molar-refractivity contribution in [1.29, 1.82) is 0 Å². The zero-order valence-electron chi connectivity index (χ0n) is 14.7. The van der Waals surface area contributed by atoms with E-state index in [2.05, 4.69) is 10.2 Å². The summed E-state index contributed by atoms with van der Waals surface area (Å²) in [5.74, 6) is 2.12. The summed E-state index contributed by atoms with van der Waals surface area (Å²) in [6.07, 6.45) is 3.91. The Hall–Kier alpha value is -2.60. The Labute approximate surface area is 161 Å². The summed E-state index contributed by atoms with van der Waals surface area (Å²) in [7, 11) is 0. The number of carbonyl (C=O) groups excluding carboxylic acids is 1. The number of amides is 1. The second-order valence-electron chi connectivity index (χ2n) is 7.15. The number of likely N-dealkylation sites (tertiary alicyclic amines) is 1. The molecular weight excluding hydrogens is 364 g/mol. The van der Waals surface area contributed by atoms with E-state index in [4.69, 9.17) is 16.3 Å². The van der Waals surface area contributed by atoms with Gasteiger partial charge in [0.1, 0.15) is 11.6 Å². The average Bonchev–Trinajstić information content (AvgIpc) is 3.31. The summed E-state index contributed by atoms with van der Waals surface area (Å²) in [5.41, 5.74) is 1.87. The Kier molecular flexibility index (Phi) is 4.01. The summed E-state index contributed by atoms with van der Waals surface area (Å²) in [6.45, 7) is 1.42. The number of pyridine rings is 1. The van der Waals surface area contributed by atoms with Gasteiger partial charge in [0.25, 0.3) is 5.91 Å².